The molecule has 0 saturated carbocycles. The van der Waals surface area contributed by atoms with E-state index in [0.29, 0.717) is 6.54 Å². The minimum absolute atomic E-state index is 0.0925. The first-order valence-electron chi connectivity index (χ1n) is 5.25. The summed E-state index contributed by atoms with van der Waals surface area (Å²) >= 11 is 0. The number of nitrogens with zero attached hydrogens (tertiary/aromatic N) is 2. The molecule has 2 N–H and O–H groups in total. The third kappa shape index (κ3) is 4.08. The lowest BCUT2D eigenvalue weighted by atomic mass is 10.1. The Bertz CT molecular complexity index is 376. The molecule has 17 heavy (non-hydrogen) atoms. The van der Waals surface area contributed by atoms with E-state index < -0.39 is 11.6 Å². The fourth-order valence-electron chi connectivity index (χ4n) is 1.24. The normalized spacial score (nSPS) is 14.1. The molecule has 94 valence electrons. The molecule has 0 aromatic carbocycles. The first-order valence-corrected chi connectivity index (χ1v) is 5.25. The van der Waals surface area contributed by atoms with Gasteiger partial charge in [0.2, 0.25) is 0 Å². The van der Waals surface area contributed by atoms with E-state index in [1.807, 2.05) is 6.92 Å². The monoisotopic (exact) mass is 239 g/mol. The Morgan fingerprint density at radius 1 is 1.53 bits per heavy atom. The third-order valence-corrected chi connectivity index (χ3v) is 2.23. The Labute approximate surface area is 100 Å². The van der Waals surface area contributed by atoms with E-state index in [1.54, 1.807) is 12.4 Å². The minimum Gasteiger partial charge on any atom is -0.467 e. The Kier molecular flexibility index (Phi) is 4.53. The zero-order chi connectivity index (χ0) is 12.9. The van der Waals surface area contributed by atoms with Crippen LogP contribution in [0.3, 0.4) is 0 Å². The summed E-state index contributed by atoms with van der Waals surface area (Å²) in [5.74, 6) is -0.667. The standard InChI is InChI=1S/C11H17N3O3/c1-8-4-14-9(6-13-8)5-12-7-11(2,16)10(15)17-3/h4,6,12,16H,5,7H2,1-3H3. The largest absolute Gasteiger partial charge is 0.467 e. The lowest BCUT2D eigenvalue weighted by Crippen LogP contribution is -2.45. The highest BCUT2D eigenvalue weighted by Crippen LogP contribution is 2.04. The maximum absolute atomic E-state index is 11.2. The van der Waals surface area contributed by atoms with E-state index in [-0.39, 0.29) is 6.54 Å². The van der Waals surface area contributed by atoms with Crippen LogP contribution in [-0.2, 0) is 16.1 Å². The summed E-state index contributed by atoms with van der Waals surface area (Å²) in [6.07, 6.45) is 3.31. The summed E-state index contributed by atoms with van der Waals surface area (Å²) in [5.41, 5.74) is 0.0546. The van der Waals surface area contributed by atoms with Crippen LogP contribution in [0.2, 0.25) is 0 Å². The maximum Gasteiger partial charge on any atom is 0.338 e. The first-order chi connectivity index (χ1) is 7.95. The van der Waals surface area contributed by atoms with Crippen LogP contribution in [0.5, 0.6) is 0 Å². The number of methoxy groups -OCH3 is 1. The Hall–Kier alpha value is -1.53. The zero-order valence-corrected chi connectivity index (χ0v) is 10.2. The number of rotatable bonds is 5. The molecule has 1 atom stereocenters. The molecule has 6 heteroatoms. The van der Waals surface area contributed by atoms with Gasteiger partial charge in [0.25, 0.3) is 0 Å². The van der Waals surface area contributed by atoms with Crippen molar-refractivity contribution >= 4 is 5.97 Å². The molecule has 1 rings (SSSR count). The van der Waals surface area contributed by atoms with Gasteiger partial charge in [-0.05, 0) is 13.8 Å². The Morgan fingerprint density at radius 3 is 2.76 bits per heavy atom. The molecule has 0 fully saturated rings. The molecule has 0 spiro atoms. The van der Waals surface area contributed by atoms with Gasteiger partial charge in [0.05, 0.1) is 18.5 Å². The van der Waals surface area contributed by atoms with Gasteiger partial charge in [-0.2, -0.15) is 0 Å². The SMILES string of the molecule is COC(=O)C(C)(O)CNCc1cnc(C)cn1. The molecule has 1 aromatic heterocycles. The number of carbonyl (C=O) groups excluding carboxylic acids is 1. The van der Waals surface area contributed by atoms with Gasteiger partial charge >= 0.3 is 5.97 Å². The number of aromatic nitrogens is 2. The number of aryl methyl sites for hydroxylation is 1. The van der Waals surface area contributed by atoms with Crippen LogP contribution in [0.15, 0.2) is 12.4 Å². The predicted octanol–water partition coefficient (Wildman–Crippen LogP) is -0.201. The molecular formula is C11H17N3O3. The molecule has 1 unspecified atom stereocenters. The van der Waals surface area contributed by atoms with Gasteiger partial charge in [-0.15, -0.1) is 0 Å². The predicted molar refractivity (Wildman–Crippen MR) is 61.1 cm³/mol. The molecule has 0 aliphatic rings. The van der Waals surface area contributed by atoms with E-state index >= 15 is 0 Å². The average molecular weight is 239 g/mol. The van der Waals surface area contributed by atoms with E-state index in [4.69, 9.17) is 0 Å². The van der Waals surface area contributed by atoms with Gasteiger partial charge in [0.15, 0.2) is 5.60 Å². The fourth-order valence-corrected chi connectivity index (χ4v) is 1.24. The van der Waals surface area contributed by atoms with Gasteiger partial charge < -0.3 is 15.2 Å². The second kappa shape index (κ2) is 5.70. The van der Waals surface area contributed by atoms with E-state index in [0.717, 1.165) is 11.4 Å². The molecule has 6 nitrogen and oxygen atoms in total. The molecule has 0 aliphatic heterocycles. The van der Waals surface area contributed by atoms with Crippen LogP contribution in [-0.4, -0.2) is 40.3 Å². The van der Waals surface area contributed by atoms with Crippen molar-refractivity contribution < 1.29 is 14.6 Å². The molecular weight excluding hydrogens is 222 g/mol. The molecule has 0 amide bonds. The second-order valence-electron chi connectivity index (χ2n) is 4.02. The smallest absolute Gasteiger partial charge is 0.338 e. The zero-order valence-electron chi connectivity index (χ0n) is 10.2. The number of carbonyl (C=O) groups is 1. The highest BCUT2D eigenvalue weighted by molar-refractivity contribution is 5.78. The lowest BCUT2D eigenvalue weighted by Gasteiger charge is -2.20. The van der Waals surface area contributed by atoms with Crippen molar-refractivity contribution in [1.29, 1.82) is 0 Å². The molecule has 0 aliphatic carbocycles. The Morgan fingerprint density at radius 2 is 2.24 bits per heavy atom. The summed E-state index contributed by atoms with van der Waals surface area (Å²) in [6, 6.07) is 0. The van der Waals surface area contributed by atoms with Crippen molar-refractivity contribution in [2.75, 3.05) is 13.7 Å². The van der Waals surface area contributed by atoms with Crippen LogP contribution >= 0.6 is 0 Å². The van der Waals surface area contributed by atoms with Gasteiger partial charge in [-0.3, -0.25) is 9.97 Å². The highest BCUT2D eigenvalue weighted by atomic mass is 16.5. The van der Waals surface area contributed by atoms with Crippen molar-refractivity contribution in [3.05, 3.63) is 23.8 Å². The number of esters is 1. The number of aliphatic hydroxyl groups is 1. The van der Waals surface area contributed by atoms with Crippen LogP contribution in [0, 0.1) is 6.92 Å². The van der Waals surface area contributed by atoms with Gasteiger partial charge in [-0.25, -0.2) is 4.79 Å². The van der Waals surface area contributed by atoms with Crippen molar-refractivity contribution in [3.63, 3.8) is 0 Å². The van der Waals surface area contributed by atoms with Crippen molar-refractivity contribution in [3.8, 4) is 0 Å². The molecule has 1 aromatic rings. The van der Waals surface area contributed by atoms with Crippen LogP contribution in [0.25, 0.3) is 0 Å². The number of hydrogen-bond acceptors (Lipinski definition) is 6. The van der Waals surface area contributed by atoms with Crippen molar-refractivity contribution in [2.45, 2.75) is 26.0 Å². The summed E-state index contributed by atoms with van der Waals surface area (Å²) in [5, 5.41) is 12.7. The van der Waals surface area contributed by atoms with Crippen molar-refractivity contribution in [1.82, 2.24) is 15.3 Å². The van der Waals surface area contributed by atoms with Crippen molar-refractivity contribution in [2.24, 2.45) is 0 Å². The molecule has 0 radical (unpaired) electrons. The summed E-state index contributed by atoms with van der Waals surface area (Å²) in [7, 11) is 1.24. The number of ether oxygens (including phenoxy) is 1. The Balaban J connectivity index is 2.42. The average Bonchev–Trinajstić information content (AvgIpc) is 2.30. The van der Waals surface area contributed by atoms with E-state index in [1.165, 1.54) is 14.0 Å². The number of nitrogens with one attached hydrogen (secondary N) is 1. The third-order valence-electron chi connectivity index (χ3n) is 2.23. The van der Waals surface area contributed by atoms with Gasteiger partial charge in [0, 0.05) is 25.5 Å². The van der Waals surface area contributed by atoms with Crippen LogP contribution in [0.4, 0.5) is 0 Å². The fraction of sp³-hybridized carbons (Fsp3) is 0.545. The lowest BCUT2D eigenvalue weighted by molar-refractivity contribution is -0.159. The molecule has 1 heterocycles. The summed E-state index contributed by atoms with van der Waals surface area (Å²) in [6.45, 7) is 3.77. The molecule has 0 saturated heterocycles. The van der Waals surface area contributed by atoms with Gasteiger partial charge in [0.1, 0.15) is 0 Å². The van der Waals surface area contributed by atoms with E-state index in [2.05, 4.69) is 20.0 Å². The van der Waals surface area contributed by atoms with Gasteiger partial charge in [-0.1, -0.05) is 0 Å². The highest BCUT2D eigenvalue weighted by Gasteiger charge is 2.30. The minimum atomic E-state index is -1.53. The second-order valence-corrected chi connectivity index (χ2v) is 4.02. The van der Waals surface area contributed by atoms with E-state index in [9.17, 15) is 9.90 Å². The quantitative estimate of drug-likeness (QED) is 0.692. The number of hydrogen-bond donors (Lipinski definition) is 2. The van der Waals surface area contributed by atoms with Crippen LogP contribution < -0.4 is 5.32 Å². The summed E-state index contributed by atoms with van der Waals surface area (Å²) in [4.78, 5) is 19.4. The molecule has 0 bridgehead atoms. The maximum atomic E-state index is 11.2. The first kappa shape index (κ1) is 13.5. The van der Waals surface area contributed by atoms with Crippen LogP contribution in [0.1, 0.15) is 18.3 Å². The summed E-state index contributed by atoms with van der Waals surface area (Å²) < 4.78 is 4.48. The topological polar surface area (TPSA) is 84.3 Å².